The molecule has 0 bridgehead atoms. The standard InChI is InChI=1S/C19H21N3O2S2/c23-17(16-7-4-13-25-16)22-12-14-26-19(22)8-10-21(11-9-19)18(24)20-15-5-2-1-3-6-15/h1-7,13H,8-12,14H2,(H,20,24). The number of carbonyl (C=O) groups is 2. The third kappa shape index (κ3) is 3.33. The highest BCUT2D eigenvalue weighted by Gasteiger charge is 2.47. The number of nitrogens with one attached hydrogen (secondary N) is 1. The van der Waals surface area contributed by atoms with Gasteiger partial charge in [-0.1, -0.05) is 24.3 Å². The lowest BCUT2D eigenvalue weighted by molar-refractivity contribution is 0.0590. The van der Waals surface area contributed by atoms with Gasteiger partial charge in [0.05, 0.1) is 9.75 Å². The number of hydrogen-bond acceptors (Lipinski definition) is 4. The van der Waals surface area contributed by atoms with Crippen LogP contribution in [0.4, 0.5) is 10.5 Å². The maximum atomic E-state index is 12.9. The molecule has 1 aromatic carbocycles. The van der Waals surface area contributed by atoms with Crippen LogP contribution in [0.25, 0.3) is 0 Å². The Hall–Kier alpha value is -1.99. The lowest BCUT2D eigenvalue weighted by Crippen LogP contribution is -2.54. The molecule has 2 aliphatic heterocycles. The molecule has 2 saturated heterocycles. The molecule has 5 nitrogen and oxygen atoms in total. The Morgan fingerprint density at radius 2 is 1.77 bits per heavy atom. The summed E-state index contributed by atoms with van der Waals surface area (Å²) in [6, 6.07) is 13.3. The van der Waals surface area contributed by atoms with Gasteiger partial charge in [0, 0.05) is 31.1 Å². The van der Waals surface area contributed by atoms with Crippen molar-refractivity contribution in [3.8, 4) is 0 Å². The van der Waals surface area contributed by atoms with Crippen molar-refractivity contribution < 1.29 is 9.59 Å². The molecular formula is C19H21N3O2S2. The molecule has 0 radical (unpaired) electrons. The Balaban J connectivity index is 1.40. The summed E-state index contributed by atoms with van der Waals surface area (Å²) in [7, 11) is 0. The average molecular weight is 388 g/mol. The number of amides is 3. The molecule has 3 heterocycles. The van der Waals surface area contributed by atoms with E-state index < -0.39 is 0 Å². The van der Waals surface area contributed by atoms with Gasteiger partial charge in [0.25, 0.3) is 5.91 Å². The van der Waals surface area contributed by atoms with E-state index in [4.69, 9.17) is 0 Å². The van der Waals surface area contributed by atoms with E-state index >= 15 is 0 Å². The molecule has 0 aliphatic carbocycles. The number of thioether (sulfide) groups is 1. The van der Waals surface area contributed by atoms with Crippen molar-refractivity contribution in [1.82, 2.24) is 9.80 Å². The molecule has 2 fully saturated rings. The first-order valence-corrected chi connectivity index (χ1v) is 10.6. The van der Waals surface area contributed by atoms with Gasteiger partial charge in [-0.3, -0.25) is 4.79 Å². The van der Waals surface area contributed by atoms with E-state index in [1.54, 1.807) is 0 Å². The van der Waals surface area contributed by atoms with Crippen LogP contribution < -0.4 is 5.32 Å². The zero-order valence-corrected chi connectivity index (χ0v) is 16.0. The number of piperidine rings is 1. The average Bonchev–Trinajstić information content (AvgIpc) is 3.33. The van der Waals surface area contributed by atoms with E-state index in [0.717, 1.165) is 35.7 Å². The van der Waals surface area contributed by atoms with Crippen molar-refractivity contribution in [2.75, 3.05) is 30.7 Å². The van der Waals surface area contributed by atoms with Gasteiger partial charge < -0.3 is 15.1 Å². The molecule has 0 unspecified atom stereocenters. The Labute approximate surface area is 161 Å². The van der Waals surface area contributed by atoms with Crippen molar-refractivity contribution in [3.63, 3.8) is 0 Å². The maximum Gasteiger partial charge on any atom is 0.321 e. The minimum Gasteiger partial charge on any atom is -0.324 e. The number of anilines is 1. The summed E-state index contributed by atoms with van der Waals surface area (Å²) in [6.07, 6.45) is 1.63. The van der Waals surface area contributed by atoms with E-state index in [0.29, 0.717) is 13.1 Å². The number of likely N-dealkylation sites (tertiary alicyclic amines) is 1. The van der Waals surface area contributed by atoms with Gasteiger partial charge in [-0.15, -0.1) is 23.1 Å². The number of para-hydroxylation sites is 1. The lowest BCUT2D eigenvalue weighted by atomic mass is 10.0. The molecule has 0 saturated carbocycles. The van der Waals surface area contributed by atoms with Gasteiger partial charge >= 0.3 is 6.03 Å². The Morgan fingerprint density at radius 3 is 2.46 bits per heavy atom. The molecule has 7 heteroatoms. The molecular weight excluding hydrogens is 366 g/mol. The Morgan fingerprint density at radius 1 is 1.00 bits per heavy atom. The number of rotatable bonds is 2. The molecule has 1 aromatic heterocycles. The van der Waals surface area contributed by atoms with E-state index in [-0.39, 0.29) is 16.8 Å². The minimum atomic E-state index is -0.162. The van der Waals surface area contributed by atoms with Crippen molar-refractivity contribution in [1.29, 1.82) is 0 Å². The van der Waals surface area contributed by atoms with Crippen LogP contribution in [-0.2, 0) is 0 Å². The predicted octanol–water partition coefficient (Wildman–Crippen LogP) is 3.96. The molecule has 136 valence electrons. The van der Waals surface area contributed by atoms with Gasteiger partial charge in [-0.05, 0) is 36.4 Å². The number of carbonyl (C=O) groups excluding carboxylic acids is 2. The van der Waals surface area contributed by atoms with E-state index in [1.165, 1.54) is 11.3 Å². The highest BCUT2D eigenvalue weighted by Crippen LogP contribution is 2.44. The quantitative estimate of drug-likeness (QED) is 0.849. The van der Waals surface area contributed by atoms with Crippen molar-refractivity contribution in [3.05, 3.63) is 52.7 Å². The highest BCUT2D eigenvalue weighted by molar-refractivity contribution is 8.00. The third-order valence-electron chi connectivity index (χ3n) is 5.01. The molecule has 4 rings (SSSR count). The maximum absolute atomic E-state index is 12.9. The Kier molecular flexibility index (Phi) is 4.91. The molecule has 3 amide bonds. The van der Waals surface area contributed by atoms with E-state index in [1.807, 2.05) is 69.4 Å². The first-order valence-electron chi connectivity index (χ1n) is 8.78. The normalized spacial score (nSPS) is 18.9. The topological polar surface area (TPSA) is 52.7 Å². The van der Waals surface area contributed by atoms with Crippen LogP contribution in [0, 0.1) is 0 Å². The minimum absolute atomic E-state index is 0.0646. The summed E-state index contributed by atoms with van der Waals surface area (Å²) in [5.74, 6) is 1.10. The van der Waals surface area contributed by atoms with Crippen molar-refractivity contribution in [2.45, 2.75) is 17.7 Å². The van der Waals surface area contributed by atoms with Crippen molar-refractivity contribution in [2.24, 2.45) is 0 Å². The lowest BCUT2D eigenvalue weighted by Gasteiger charge is -2.43. The third-order valence-corrected chi connectivity index (χ3v) is 7.42. The van der Waals surface area contributed by atoms with Crippen LogP contribution in [0.3, 0.4) is 0 Å². The highest BCUT2D eigenvalue weighted by atomic mass is 32.2. The fraction of sp³-hybridized carbons (Fsp3) is 0.368. The smallest absolute Gasteiger partial charge is 0.321 e. The number of nitrogens with zero attached hydrogens (tertiary/aromatic N) is 2. The zero-order chi connectivity index (χ0) is 18.0. The van der Waals surface area contributed by atoms with Gasteiger partial charge in [0.2, 0.25) is 0 Å². The first kappa shape index (κ1) is 17.4. The number of urea groups is 1. The zero-order valence-electron chi connectivity index (χ0n) is 14.4. The largest absolute Gasteiger partial charge is 0.324 e. The van der Waals surface area contributed by atoms with E-state index in [2.05, 4.69) is 5.32 Å². The van der Waals surface area contributed by atoms with Crippen LogP contribution in [0.15, 0.2) is 47.8 Å². The van der Waals surface area contributed by atoms with Crippen molar-refractivity contribution >= 4 is 40.7 Å². The van der Waals surface area contributed by atoms with Crippen LogP contribution in [0.1, 0.15) is 22.5 Å². The van der Waals surface area contributed by atoms with Gasteiger partial charge in [-0.25, -0.2) is 4.79 Å². The molecule has 2 aliphatic rings. The fourth-order valence-electron chi connectivity index (χ4n) is 3.63. The van der Waals surface area contributed by atoms with Crippen LogP contribution in [0.5, 0.6) is 0 Å². The molecule has 0 atom stereocenters. The second-order valence-corrected chi connectivity index (χ2v) is 8.92. The fourth-order valence-corrected chi connectivity index (χ4v) is 5.75. The molecule has 1 spiro atoms. The number of hydrogen-bond donors (Lipinski definition) is 1. The van der Waals surface area contributed by atoms with Gasteiger partial charge in [0.1, 0.15) is 0 Å². The molecule has 26 heavy (non-hydrogen) atoms. The summed E-state index contributed by atoms with van der Waals surface area (Å²) in [5.41, 5.74) is 0.808. The van der Waals surface area contributed by atoms with E-state index in [9.17, 15) is 9.59 Å². The monoisotopic (exact) mass is 387 g/mol. The van der Waals surface area contributed by atoms with Crippen LogP contribution >= 0.6 is 23.1 Å². The van der Waals surface area contributed by atoms with Crippen LogP contribution in [-0.4, -0.2) is 52.0 Å². The molecule has 1 N–H and O–H groups in total. The van der Waals surface area contributed by atoms with Gasteiger partial charge in [-0.2, -0.15) is 0 Å². The summed E-state index contributed by atoms with van der Waals surface area (Å²) < 4.78 is 0. The summed E-state index contributed by atoms with van der Waals surface area (Å²) >= 11 is 3.37. The predicted molar refractivity (Wildman–Crippen MR) is 107 cm³/mol. The summed E-state index contributed by atoms with van der Waals surface area (Å²) in [4.78, 5) is 29.9. The Bertz CT molecular complexity index is 771. The van der Waals surface area contributed by atoms with Crippen LogP contribution in [0.2, 0.25) is 0 Å². The second-order valence-electron chi connectivity index (χ2n) is 6.51. The number of thiophene rings is 1. The summed E-state index contributed by atoms with van der Waals surface area (Å²) in [5, 5.41) is 4.89. The first-order chi connectivity index (χ1) is 12.7. The van der Waals surface area contributed by atoms with Gasteiger partial charge in [0.15, 0.2) is 0 Å². The molecule has 2 aromatic rings. The number of benzene rings is 1. The SMILES string of the molecule is O=C(Nc1ccccc1)N1CCC2(CC1)SCCN2C(=O)c1cccs1. The summed E-state index contributed by atoms with van der Waals surface area (Å²) in [6.45, 7) is 2.12. The second kappa shape index (κ2) is 7.32.